The number of nitrogens with zero attached hydrogens (tertiary/aromatic N) is 2. The lowest BCUT2D eigenvalue weighted by atomic mass is 9.74. The molecule has 4 aliphatic heterocycles. The van der Waals surface area contributed by atoms with E-state index in [9.17, 15) is 24.3 Å². The number of fused-ring (bicyclic) bond motifs is 2. The predicted molar refractivity (Wildman–Crippen MR) is 154 cm³/mol. The number of allylic oxidation sites excluding steroid dienone is 1. The van der Waals surface area contributed by atoms with Gasteiger partial charge in [-0.25, -0.2) is 0 Å². The van der Waals surface area contributed by atoms with Crippen LogP contribution in [0.2, 0.25) is 0 Å². The number of amides is 3. The van der Waals surface area contributed by atoms with Gasteiger partial charge in [-0.15, -0.1) is 0 Å². The van der Waals surface area contributed by atoms with Crippen molar-refractivity contribution in [1.29, 1.82) is 0 Å². The summed E-state index contributed by atoms with van der Waals surface area (Å²) in [5, 5.41) is 12.9. The Kier molecular flexibility index (Phi) is 9.13. The van der Waals surface area contributed by atoms with Crippen molar-refractivity contribution in [2.45, 2.75) is 75.8 Å². The van der Waals surface area contributed by atoms with Gasteiger partial charge < -0.3 is 29.7 Å². The van der Waals surface area contributed by atoms with E-state index in [-0.39, 0.29) is 31.4 Å². The van der Waals surface area contributed by atoms with Crippen LogP contribution in [0.5, 0.6) is 0 Å². The molecule has 1 spiro atoms. The highest BCUT2D eigenvalue weighted by atomic mass is 16.6. The van der Waals surface area contributed by atoms with Crippen LogP contribution in [0.3, 0.4) is 0 Å². The normalized spacial score (nSPS) is 34.0. The van der Waals surface area contributed by atoms with Gasteiger partial charge in [0.05, 0.1) is 24.7 Å². The molecule has 0 aromatic heterocycles. The van der Waals surface area contributed by atoms with Gasteiger partial charge in [0.15, 0.2) is 0 Å². The molecule has 226 valence electrons. The molecule has 4 aliphatic rings. The standard InChI is InChI=1S/C32H41N3O7/c1-3-4-10-17-34-18-11-6-9-14-24(37)33-21(2)27(22-12-7-5-8-13-22)41-31(40)25-23-15-16-32(42-23)26(25)29(38)35(19-20-36)28(32)30(34)39/h5-8,11-13,15-16,21,23,25-28,36H,3-4,9-10,14,17-20H2,1-2H3,(H,33,37)/b11-6-/t21-,23+,25-,26-,27+,28+,32-/m0/s1. The van der Waals surface area contributed by atoms with Crippen LogP contribution in [0.1, 0.15) is 57.6 Å². The third kappa shape index (κ3) is 5.49. The molecule has 0 unspecified atom stereocenters. The molecule has 5 bridgehead atoms. The monoisotopic (exact) mass is 579 g/mol. The number of aliphatic hydroxyl groups is 1. The lowest BCUT2D eigenvalue weighted by molar-refractivity contribution is -0.161. The number of nitrogens with one attached hydrogen (secondary N) is 1. The van der Waals surface area contributed by atoms with E-state index in [2.05, 4.69) is 12.2 Å². The number of esters is 1. The molecule has 4 heterocycles. The highest BCUT2D eigenvalue weighted by Gasteiger charge is 2.73. The molecule has 2 N–H and O–H groups in total. The van der Waals surface area contributed by atoms with Crippen molar-refractivity contribution in [3.05, 3.63) is 60.2 Å². The van der Waals surface area contributed by atoms with Crippen molar-refractivity contribution in [1.82, 2.24) is 15.1 Å². The number of aliphatic hydroxyl groups excluding tert-OH is 1. The Morgan fingerprint density at radius 2 is 1.83 bits per heavy atom. The zero-order chi connectivity index (χ0) is 29.9. The summed E-state index contributed by atoms with van der Waals surface area (Å²) < 4.78 is 12.5. The zero-order valence-corrected chi connectivity index (χ0v) is 24.3. The zero-order valence-electron chi connectivity index (χ0n) is 24.3. The molecule has 7 atom stereocenters. The maximum atomic E-state index is 14.3. The van der Waals surface area contributed by atoms with Crippen LogP contribution in [-0.4, -0.2) is 88.6 Å². The molecular formula is C32H41N3O7. The fourth-order valence-electron chi connectivity index (χ4n) is 6.82. The number of hydrogen-bond donors (Lipinski definition) is 2. The minimum Gasteiger partial charge on any atom is -0.455 e. The van der Waals surface area contributed by atoms with E-state index in [1.807, 2.05) is 42.5 Å². The van der Waals surface area contributed by atoms with Gasteiger partial charge in [-0.3, -0.25) is 19.2 Å². The molecule has 0 radical (unpaired) electrons. The summed E-state index contributed by atoms with van der Waals surface area (Å²) in [6.45, 7) is 4.30. The number of rotatable bonds is 7. The Morgan fingerprint density at radius 1 is 1.05 bits per heavy atom. The van der Waals surface area contributed by atoms with Crippen LogP contribution in [-0.2, 0) is 28.7 Å². The average molecular weight is 580 g/mol. The molecule has 1 aromatic rings. The summed E-state index contributed by atoms with van der Waals surface area (Å²) in [4.78, 5) is 58.1. The van der Waals surface area contributed by atoms with Gasteiger partial charge in [-0.1, -0.05) is 74.4 Å². The first-order valence-corrected chi connectivity index (χ1v) is 15.1. The molecule has 1 aromatic carbocycles. The first-order valence-electron chi connectivity index (χ1n) is 15.1. The Hall–Kier alpha value is -3.50. The third-order valence-corrected chi connectivity index (χ3v) is 8.81. The number of cyclic esters (lactones) is 1. The summed E-state index contributed by atoms with van der Waals surface area (Å²) in [7, 11) is 0. The SMILES string of the molecule is CCCCCN1C/C=C\CCC(=O)N[C@@H](C)[C@H](c2ccccc2)OC(=O)[C@@H]2[C@H]3C(=O)N(CCO)[C@H](C1=O)[C@]31C=C[C@H]2O1. The Bertz CT molecular complexity index is 1230. The average Bonchev–Trinajstić information content (AvgIpc) is 3.62. The Morgan fingerprint density at radius 3 is 2.57 bits per heavy atom. The molecule has 5 rings (SSSR count). The molecule has 42 heavy (non-hydrogen) atoms. The second kappa shape index (κ2) is 12.8. The molecule has 10 nitrogen and oxygen atoms in total. The number of carbonyl (C=O) groups is 4. The summed E-state index contributed by atoms with van der Waals surface area (Å²) in [5.74, 6) is -3.42. The lowest BCUT2D eigenvalue weighted by Crippen LogP contribution is -2.56. The second-order valence-corrected chi connectivity index (χ2v) is 11.6. The quantitative estimate of drug-likeness (QED) is 0.289. The van der Waals surface area contributed by atoms with E-state index in [1.54, 1.807) is 24.0 Å². The topological polar surface area (TPSA) is 125 Å². The van der Waals surface area contributed by atoms with Crippen molar-refractivity contribution in [2.24, 2.45) is 11.8 Å². The van der Waals surface area contributed by atoms with E-state index >= 15 is 0 Å². The first kappa shape index (κ1) is 30.0. The maximum absolute atomic E-state index is 14.3. The Balaban J connectivity index is 1.54. The molecule has 3 amide bonds. The largest absolute Gasteiger partial charge is 0.455 e. The highest BCUT2D eigenvalue weighted by Crippen LogP contribution is 2.55. The molecule has 2 fully saturated rings. The number of unbranched alkanes of at least 4 members (excludes halogenated alkanes) is 2. The van der Waals surface area contributed by atoms with Crippen LogP contribution in [0.15, 0.2) is 54.6 Å². The fourth-order valence-corrected chi connectivity index (χ4v) is 6.82. The van der Waals surface area contributed by atoms with E-state index in [4.69, 9.17) is 9.47 Å². The van der Waals surface area contributed by atoms with Gasteiger partial charge in [0, 0.05) is 26.1 Å². The summed E-state index contributed by atoms with van der Waals surface area (Å²) in [5.41, 5.74) is -0.623. The van der Waals surface area contributed by atoms with E-state index in [0.29, 0.717) is 25.1 Å². The summed E-state index contributed by atoms with van der Waals surface area (Å²) in [6.07, 6.45) is 9.19. The number of ether oxygens (including phenoxy) is 2. The minimum absolute atomic E-state index is 0.0501. The predicted octanol–water partition coefficient (Wildman–Crippen LogP) is 2.29. The number of benzene rings is 1. The number of β-amino-alcohol motifs (C(OH)–C–C–N with tert-alkyl or cyclic N) is 1. The lowest BCUT2D eigenvalue weighted by Gasteiger charge is -2.35. The smallest absolute Gasteiger partial charge is 0.313 e. The van der Waals surface area contributed by atoms with E-state index in [0.717, 1.165) is 19.3 Å². The van der Waals surface area contributed by atoms with E-state index < -0.39 is 53.6 Å². The number of carbonyl (C=O) groups excluding carboxylic acids is 4. The van der Waals surface area contributed by atoms with Gasteiger partial charge >= 0.3 is 5.97 Å². The minimum atomic E-state index is -1.33. The first-order chi connectivity index (χ1) is 20.3. The van der Waals surface area contributed by atoms with Crippen LogP contribution in [0, 0.1) is 11.8 Å². The van der Waals surface area contributed by atoms with Crippen molar-refractivity contribution in [3.8, 4) is 0 Å². The van der Waals surface area contributed by atoms with Crippen molar-refractivity contribution in [2.75, 3.05) is 26.2 Å². The summed E-state index contributed by atoms with van der Waals surface area (Å²) in [6, 6.07) is 7.62. The molecule has 0 aliphatic carbocycles. The van der Waals surface area contributed by atoms with E-state index in [1.165, 1.54) is 4.90 Å². The van der Waals surface area contributed by atoms with Crippen LogP contribution in [0.4, 0.5) is 0 Å². The third-order valence-electron chi connectivity index (χ3n) is 8.81. The molecular weight excluding hydrogens is 538 g/mol. The molecule has 10 heteroatoms. The Labute approximate surface area is 246 Å². The maximum Gasteiger partial charge on any atom is 0.313 e. The van der Waals surface area contributed by atoms with Crippen molar-refractivity contribution in [3.63, 3.8) is 0 Å². The summed E-state index contributed by atoms with van der Waals surface area (Å²) >= 11 is 0. The van der Waals surface area contributed by atoms with Gasteiger partial charge in [-0.2, -0.15) is 0 Å². The van der Waals surface area contributed by atoms with Gasteiger partial charge in [0.1, 0.15) is 23.7 Å². The van der Waals surface area contributed by atoms with Gasteiger partial charge in [-0.05, 0) is 25.3 Å². The van der Waals surface area contributed by atoms with Crippen molar-refractivity contribution >= 4 is 23.7 Å². The fraction of sp³-hybridized carbons (Fsp3) is 0.562. The van der Waals surface area contributed by atoms with Gasteiger partial charge in [0.2, 0.25) is 17.7 Å². The van der Waals surface area contributed by atoms with Crippen LogP contribution in [0.25, 0.3) is 0 Å². The van der Waals surface area contributed by atoms with Crippen LogP contribution >= 0.6 is 0 Å². The number of hydrogen-bond acceptors (Lipinski definition) is 7. The van der Waals surface area contributed by atoms with Crippen molar-refractivity contribution < 1.29 is 33.8 Å². The van der Waals surface area contributed by atoms with Gasteiger partial charge in [0.25, 0.3) is 0 Å². The molecule has 2 saturated heterocycles. The number of likely N-dealkylation sites (tertiary alicyclic amines) is 1. The molecule has 0 saturated carbocycles. The second-order valence-electron chi connectivity index (χ2n) is 11.6. The van der Waals surface area contributed by atoms with Crippen LogP contribution < -0.4 is 5.32 Å². The highest BCUT2D eigenvalue weighted by molar-refractivity contribution is 5.99.